The molecule has 3 rings (SSSR count). The van der Waals surface area contributed by atoms with Crippen molar-refractivity contribution < 1.29 is 18.5 Å². The minimum absolute atomic E-state index is 0.0300. The molecule has 0 fully saturated rings. The number of nitro groups is 1. The molecule has 0 spiro atoms. The van der Waals surface area contributed by atoms with Gasteiger partial charge < -0.3 is 9.88 Å². The highest BCUT2D eigenvalue weighted by Gasteiger charge is 2.19. The molecule has 0 aliphatic rings. The Morgan fingerprint density at radius 3 is 2.70 bits per heavy atom. The van der Waals surface area contributed by atoms with Crippen molar-refractivity contribution in [2.75, 3.05) is 5.32 Å². The van der Waals surface area contributed by atoms with Crippen molar-refractivity contribution in [3.05, 3.63) is 76.9 Å². The number of benzene rings is 2. The number of nitrogens with one attached hydrogen (secondary N) is 1. The SMILES string of the molecule is O=C(Nc1ccccc1SC(F)F)c1ccc(-n2ccnc2)c([N+](=O)[O-])c1. The van der Waals surface area contributed by atoms with Crippen molar-refractivity contribution in [1.29, 1.82) is 0 Å². The van der Waals surface area contributed by atoms with Crippen LogP contribution in [0.3, 0.4) is 0 Å². The minimum atomic E-state index is -2.64. The molecule has 0 aliphatic heterocycles. The van der Waals surface area contributed by atoms with Crippen LogP contribution in [0, 0.1) is 10.1 Å². The van der Waals surface area contributed by atoms with E-state index in [4.69, 9.17) is 0 Å². The summed E-state index contributed by atoms with van der Waals surface area (Å²) in [6, 6.07) is 10.1. The van der Waals surface area contributed by atoms with E-state index in [2.05, 4.69) is 10.3 Å². The summed E-state index contributed by atoms with van der Waals surface area (Å²) in [6.45, 7) is 0. The quantitative estimate of drug-likeness (QED) is 0.384. The second-order valence-corrected chi connectivity index (χ2v) is 6.29. The van der Waals surface area contributed by atoms with Gasteiger partial charge in [0.25, 0.3) is 17.4 Å². The average molecular weight is 390 g/mol. The van der Waals surface area contributed by atoms with E-state index in [1.807, 2.05) is 0 Å². The number of rotatable bonds is 6. The molecular weight excluding hydrogens is 378 g/mol. The summed E-state index contributed by atoms with van der Waals surface area (Å²) in [5.41, 5.74) is 0.204. The highest BCUT2D eigenvalue weighted by molar-refractivity contribution is 7.99. The van der Waals surface area contributed by atoms with E-state index in [9.17, 15) is 23.7 Å². The van der Waals surface area contributed by atoms with Gasteiger partial charge in [0.2, 0.25) is 0 Å². The Morgan fingerprint density at radius 2 is 2.04 bits per heavy atom. The molecule has 0 radical (unpaired) electrons. The smallest absolute Gasteiger partial charge is 0.294 e. The molecule has 1 aromatic heterocycles. The molecule has 0 aliphatic carbocycles. The molecule has 0 saturated carbocycles. The van der Waals surface area contributed by atoms with E-state index in [1.165, 1.54) is 41.4 Å². The Morgan fingerprint density at radius 1 is 1.26 bits per heavy atom. The number of imidazole rings is 1. The number of hydrogen-bond acceptors (Lipinski definition) is 5. The van der Waals surface area contributed by atoms with Crippen LogP contribution in [0.4, 0.5) is 20.2 Å². The van der Waals surface area contributed by atoms with Gasteiger partial charge in [-0.25, -0.2) is 4.98 Å². The third kappa shape index (κ3) is 4.29. The number of nitrogens with zero attached hydrogens (tertiary/aromatic N) is 3. The van der Waals surface area contributed by atoms with E-state index < -0.39 is 16.6 Å². The van der Waals surface area contributed by atoms with Gasteiger partial charge in [-0.1, -0.05) is 23.9 Å². The number of aromatic nitrogens is 2. The van der Waals surface area contributed by atoms with E-state index >= 15 is 0 Å². The van der Waals surface area contributed by atoms with Crippen molar-refractivity contribution in [2.45, 2.75) is 10.7 Å². The maximum atomic E-state index is 12.6. The first-order chi connectivity index (χ1) is 13.0. The van der Waals surface area contributed by atoms with Crippen LogP contribution in [0.25, 0.3) is 5.69 Å². The molecule has 138 valence electrons. The Kier molecular flexibility index (Phi) is 5.46. The number of para-hydroxylation sites is 1. The lowest BCUT2D eigenvalue weighted by atomic mass is 10.1. The molecule has 1 N–H and O–H groups in total. The first kappa shape index (κ1) is 18.5. The number of thioether (sulfide) groups is 1. The Balaban J connectivity index is 1.90. The van der Waals surface area contributed by atoms with Gasteiger partial charge in [0.15, 0.2) is 0 Å². The summed E-state index contributed by atoms with van der Waals surface area (Å²) >= 11 is 0.304. The number of alkyl halides is 2. The monoisotopic (exact) mass is 390 g/mol. The molecule has 0 atom stereocenters. The molecular formula is C17H12F2N4O3S. The number of carbonyl (C=O) groups excluding carboxylic acids is 1. The molecule has 10 heteroatoms. The zero-order valence-electron chi connectivity index (χ0n) is 13.6. The van der Waals surface area contributed by atoms with Gasteiger partial charge in [0.1, 0.15) is 5.69 Å². The molecule has 1 heterocycles. The lowest BCUT2D eigenvalue weighted by Gasteiger charge is -2.11. The van der Waals surface area contributed by atoms with E-state index in [0.29, 0.717) is 11.8 Å². The van der Waals surface area contributed by atoms with Crippen LogP contribution in [0.2, 0.25) is 0 Å². The summed E-state index contributed by atoms with van der Waals surface area (Å²) in [7, 11) is 0. The molecule has 1 amide bonds. The van der Waals surface area contributed by atoms with Crippen LogP contribution in [0.15, 0.2) is 66.1 Å². The zero-order chi connectivity index (χ0) is 19.4. The predicted molar refractivity (Wildman–Crippen MR) is 96.5 cm³/mol. The van der Waals surface area contributed by atoms with Crippen LogP contribution in [0.1, 0.15) is 10.4 Å². The fraction of sp³-hybridized carbons (Fsp3) is 0.0588. The normalized spacial score (nSPS) is 10.8. The van der Waals surface area contributed by atoms with E-state index in [1.54, 1.807) is 18.3 Å². The average Bonchev–Trinajstić information content (AvgIpc) is 3.17. The van der Waals surface area contributed by atoms with Gasteiger partial charge in [0, 0.05) is 28.9 Å². The Hall–Kier alpha value is -3.27. The summed E-state index contributed by atoms with van der Waals surface area (Å²) in [5, 5.41) is 13.9. The summed E-state index contributed by atoms with van der Waals surface area (Å²) < 4.78 is 26.8. The Labute approximate surface area is 156 Å². The van der Waals surface area contributed by atoms with Crippen LogP contribution in [0.5, 0.6) is 0 Å². The second-order valence-electron chi connectivity index (χ2n) is 5.26. The first-order valence-corrected chi connectivity index (χ1v) is 8.45. The third-order valence-corrected chi connectivity index (χ3v) is 4.36. The maximum Gasteiger partial charge on any atom is 0.294 e. The first-order valence-electron chi connectivity index (χ1n) is 7.57. The van der Waals surface area contributed by atoms with Gasteiger partial charge >= 0.3 is 0 Å². The molecule has 7 nitrogen and oxygen atoms in total. The van der Waals surface area contributed by atoms with Crippen molar-refractivity contribution >= 4 is 29.0 Å². The molecule has 2 aromatic carbocycles. The highest BCUT2D eigenvalue weighted by Crippen LogP contribution is 2.32. The van der Waals surface area contributed by atoms with Crippen LogP contribution in [-0.2, 0) is 0 Å². The zero-order valence-corrected chi connectivity index (χ0v) is 14.4. The third-order valence-electron chi connectivity index (χ3n) is 3.57. The highest BCUT2D eigenvalue weighted by atomic mass is 32.2. The fourth-order valence-electron chi connectivity index (χ4n) is 2.39. The van der Waals surface area contributed by atoms with Crippen LogP contribution in [-0.4, -0.2) is 26.1 Å². The second kappa shape index (κ2) is 7.96. The number of amides is 1. The van der Waals surface area contributed by atoms with Crippen molar-refractivity contribution in [3.63, 3.8) is 0 Å². The summed E-state index contributed by atoms with van der Waals surface area (Å²) in [6.07, 6.45) is 4.42. The number of halogens is 2. The van der Waals surface area contributed by atoms with Crippen molar-refractivity contribution in [3.8, 4) is 5.69 Å². The van der Waals surface area contributed by atoms with Crippen molar-refractivity contribution in [2.24, 2.45) is 0 Å². The fourth-order valence-corrected chi connectivity index (χ4v) is 2.99. The number of hydrogen-bond donors (Lipinski definition) is 1. The molecule has 3 aromatic rings. The molecule has 0 bridgehead atoms. The number of carbonyl (C=O) groups is 1. The van der Waals surface area contributed by atoms with Gasteiger partial charge in [-0.05, 0) is 24.3 Å². The molecule has 0 unspecified atom stereocenters. The molecule has 27 heavy (non-hydrogen) atoms. The lowest BCUT2D eigenvalue weighted by Crippen LogP contribution is -2.13. The summed E-state index contributed by atoms with van der Waals surface area (Å²) in [5.74, 6) is -3.28. The number of nitro benzene ring substituents is 1. The summed E-state index contributed by atoms with van der Waals surface area (Å²) in [4.78, 5) is 27.3. The predicted octanol–water partition coefficient (Wildman–Crippen LogP) is 4.35. The lowest BCUT2D eigenvalue weighted by molar-refractivity contribution is -0.384. The Bertz CT molecular complexity index is 980. The van der Waals surface area contributed by atoms with Crippen LogP contribution < -0.4 is 5.32 Å². The molecule has 0 saturated heterocycles. The van der Waals surface area contributed by atoms with Gasteiger partial charge in [-0.15, -0.1) is 0 Å². The van der Waals surface area contributed by atoms with E-state index in [-0.39, 0.29) is 27.5 Å². The van der Waals surface area contributed by atoms with Gasteiger partial charge in [0.05, 0.1) is 16.9 Å². The van der Waals surface area contributed by atoms with Gasteiger partial charge in [-0.2, -0.15) is 8.78 Å². The number of anilines is 1. The minimum Gasteiger partial charge on any atom is -0.321 e. The topological polar surface area (TPSA) is 90.1 Å². The van der Waals surface area contributed by atoms with E-state index in [0.717, 1.165) is 6.07 Å². The standard InChI is InChI=1S/C17H12F2N4O3S/c18-17(19)27-15-4-2-1-3-12(15)21-16(24)11-5-6-13(14(9-11)23(25)26)22-8-7-20-10-22/h1-10,17H,(H,21,24). The van der Waals surface area contributed by atoms with Crippen LogP contribution >= 0.6 is 11.8 Å². The van der Waals surface area contributed by atoms with Crippen molar-refractivity contribution in [1.82, 2.24) is 9.55 Å². The largest absolute Gasteiger partial charge is 0.321 e. The maximum absolute atomic E-state index is 12.6. The van der Waals surface area contributed by atoms with Gasteiger partial charge in [-0.3, -0.25) is 14.9 Å².